The molecule has 0 atom stereocenters. The molecular formula is C12H14N4O. The van der Waals surface area contributed by atoms with E-state index in [4.69, 9.17) is 10.3 Å². The van der Waals surface area contributed by atoms with Crippen LogP contribution >= 0.6 is 0 Å². The number of aryl methyl sites for hydroxylation is 1. The number of hydrogen-bond donors (Lipinski definition) is 1. The number of benzene rings is 1. The number of nitrogen functional groups attached to an aromatic ring is 1. The highest BCUT2D eigenvalue weighted by molar-refractivity contribution is 5.54. The largest absolute Gasteiger partial charge is 0.398 e. The number of aromatic nitrogens is 2. The maximum atomic E-state index is 5.96. The van der Waals surface area contributed by atoms with Crippen molar-refractivity contribution in [3.8, 4) is 0 Å². The summed E-state index contributed by atoms with van der Waals surface area (Å²) in [5.41, 5.74) is 9.33. The second-order valence-electron chi connectivity index (χ2n) is 4.28. The van der Waals surface area contributed by atoms with Crippen molar-refractivity contribution >= 4 is 11.7 Å². The van der Waals surface area contributed by atoms with Crippen LogP contribution in [0.1, 0.15) is 17.0 Å². The molecule has 0 saturated heterocycles. The predicted molar refractivity (Wildman–Crippen MR) is 64.6 cm³/mol. The van der Waals surface area contributed by atoms with Crippen LogP contribution < -0.4 is 10.6 Å². The Morgan fingerprint density at radius 3 is 3.06 bits per heavy atom. The Balaban J connectivity index is 1.90. The summed E-state index contributed by atoms with van der Waals surface area (Å²) in [7, 11) is 0. The average Bonchev–Trinajstić information content (AvgIpc) is 2.76. The van der Waals surface area contributed by atoms with E-state index in [9.17, 15) is 0 Å². The topological polar surface area (TPSA) is 68.2 Å². The molecule has 2 heterocycles. The van der Waals surface area contributed by atoms with Crippen molar-refractivity contribution in [2.45, 2.75) is 19.9 Å². The molecule has 0 radical (unpaired) electrons. The molecule has 0 amide bonds. The minimum atomic E-state index is 0.593. The van der Waals surface area contributed by atoms with E-state index >= 15 is 0 Å². The smallest absolute Gasteiger partial charge is 0.324 e. The fraction of sp³-hybridized carbons (Fsp3) is 0.333. The van der Waals surface area contributed by atoms with E-state index in [1.807, 2.05) is 19.1 Å². The molecule has 17 heavy (non-hydrogen) atoms. The molecule has 5 nitrogen and oxygen atoms in total. The Hall–Kier alpha value is -2.04. The van der Waals surface area contributed by atoms with E-state index in [-0.39, 0.29) is 0 Å². The molecule has 2 aromatic rings. The Kier molecular flexibility index (Phi) is 2.24. The maximum Gasteiger partial charge on any atom is 0.324 e. The number of hydrogen-bond acceptors (Lipinski definition) is 5. The zero-order valence-electron chi connectivity index (χ0n) is 9.68. The van der Waals surface area contributed by atoms with Gasteiger partial charge >= 0.3 is 6.01 Å². The van der Waals surface area contributed by atoms with Gasteiger partial charge in [-0.1, -0.05) is 17.3 Å². The van der Waals surface area contributed by atoms with Gasteiger partial charge in [0.15, 0.2) is 5.82 Å². The van der Waals surface area contributed by atoms with E-state index < -0.39 is 0 Å². The summed E-state index contributed by atoms with van der Waals surface area (Å²) >= 11 is 0. The van der Waals surface area contributed by atoms with Gasteiger partial charge in [0, 0.05) is 18.8 Å². The lowest BCUT2D eigenvalue weighted by atomic mass is 9.98. The summed E-state index contributed by atoms with van der Waals surface area (Å²) in [6.45, 7) is 3.47. The van der Waals surface area contributed by atoms with Crippen molar-refractivity contribution in [2.24, 2.45) is 0 Å². The third-order valence-corrected chi connectivity index (χ3v) is 3.09. The lowest BCUT2D eigenvalue weighted by molar-refractivity contribution is 0.405. The molecule has 2 N–H and O–H groups in total. The lowest BCUT2D eigenvalue weighted by Gasteiger charge is -2.27. The minimum Gasteiger partial charge on any atom is -0.398 e. The zero-order valence-corrected chi connectivity index (χ0v) is 9.68. The van der Waals surface area contributed by atoms with Crippen molar-refractivity contribution < 1.29 is 4.52 Å². The third-order valence-electron chi connectivity index (χ3n) is 3.09. The van der Waals surface area contributed by atoms with Crippen LogP contribution in [0.5, 0.6) is 0 Å². The Morgan fingerprint density at radius 1 is 1.41 bits per heavy atom. The number of anilines is 2. The second kappa shape index (κ2) is 3.76. The van der Waals surface area contributed by atoms with Gasteiger partial charge in [0.25, 0.3) is 0 Å². The normalized spacial score (nSPS) is 14.8. The molecule has 5 heteroatoms. The SMILES string of the molecule is Cc1noc(N2CCc3c(N)cccc3C2)n1. The van der Waals surface area contributed by atoms with Gasteiger partial charge in [-0.3, -0.25) is 0 Å². The van der Waals surface area contributed by atoms with Crippen LogP contribution in [-0.4, -0.2) is 16.7 Å². The molecule has 0 unspecified atom stereocenters. The van der Waals surface area contributed by atoms with Crippen LogP contribution in [0, 0.1) is 6.92 Å². The number of rotatable bonds is 1. The summed E-state index contributed by atoms with van der Waals surface area (Å²) < 4.78 is 5.18. The van der Waals surface area contributed by atoms with E-state index in [0.29, 0.717) is 11.8 Å². The van der Waals surface area contributed by atoms with Crippen LogP contribution in [0.2, 0.25) is 0 Å². The van der Waals surface area contributed by atoms with Crippen molar-refractivity contribution in [1.29, 1.82) is 0 Å². The molecule has 0 saturated carbocycles. The van der Waals surface area contributed by atoms with Gasteiger partial charge in [0.05, 0.1) is 0 Å². The highest BCUT2D eigenvalue weighted by Crippen LogP contribution is 2.26. The van der Waals surface area contributed by atoms with E-state index in [0.717, 1.165) is 25.2 Å². The quantitative estimate of drug-likeness (QED) is 0.752. The standard InChI is InChI=1S/C12H14N4O/c1-8-14-12(17-15-8)16-6-5-10-9(7-16)3-2-4-11(10)13/h2-4H,5-7,13H2,1H3. The van der Waals surface area contributed by atoms with Crippen LogP contribution in [0.4, 0.5) is 11.7 Å². The van der Waals surface area contributed by atoms with E-state index in [1.165, 1.54) is 11.1 Å². The van der Waals surface area contributed by atoms with Crippen LogP contribution in [0.15, 0.2) is 22.7 Å². The number of fused-ring (bicyclic) bond motifs is 1. The van der Waals surface area contributed by atoms with E-state index in [1.54, 1.807) is 0 Å². The first-order chi connectivity index (χ1) is 8.24. The molecule has 3 rings (SSSR count). The van der Waals surface area contributed by atoms with Gasteiger partial charge in [-0.2, -0.15) is 4.98 Å². The fourth-order valence-corrected chi connectivity index (χ4v) is 2.22. The molecule has 0 spiro atoms. The summed E-state index contributed by atoms with van der Waals surface area (Å²) in [6.07, 6.45) is 0.920. The van der Waals surface area contributed by atoms with Crippen molar-refractivity contribution in [3.05, 3.63) is 35.2 Å². The minimum absolute atomic E-state index is 0.593. The molecule has 1 aromatic carbocycles. The molecule has 1 aliphatic heterocycles. The molecule has 88 valence electrons. The van der Waals surface area contributed by atoms with Crippen LogP contribution in [0.3, 0.4) is 0 Å². The van der Waals surface area contributed by atoms with Crippen molar-refractivity contribution in [3.63, 3.8) is 0 Å². The molecule has 1 aromatic heterocycles. The van der Waals surface area contributed by atoms with Gasteiger partial charge < -0.3 is 15.2 Å². The Labute approximate surface area is 99.2 Å². The van der Waals surface area contributed by atoms with Gasteiger partial charge in [0.2, 0.25) is 0 Å². The predicted octanol–water partition coefficient (Wildman–Crippen LogP) is 1.52. The summed E-state index contributed by atoms with van der Waals surface area (Å²) in [5, 5.41) is 3.81. The van der Waals surface area contributed by atoms with Crippen molar-refractivity contribution in [1.82, 2.24) is 10.1 Å². The first-order valence-electron chi connectivity index (χ1n) is 5.65. The highest BCUT2D eigenvalue weighted by Gasteiger charge is 2.21. The van der Waals surface area contributed by atoms with Crippen molar-refractivity contribution in [2.75, 3.05) is 17.2 Å². The number of nitrogens with zero attached hydrogens (tertiary/aromatic N) is 3. The highest BCUT2D eigenvalue weighted by atomic mass is 16.5. The van der Waals surface area contributed by atoms with E-state index in [2.05, 4.69) is 21.1 Å². The van der Waals surface area contributed by atoms with Gasteiger partial charge in [-0.25, -0.2) is 0 Å². The maximum absolute atomic E-state index is 5.96. The molecule has 0 bridgehead atoms. The monoisotopic (exact) mass is 230 g/mol. The second-order valence-corrected chi connectivity index (χ2v) is 4.28. The Bertz CT molecular complexity index is 549. The molecule has 1 aliphatic rings. The van der Waals surface area contributed by atoms with Gasteiger partial charge in [-0.15, -0.1) is 0 Å². The number of nitrogens with two attached hydrogens (primary N) is 1. The van der Waals surface area contributed by atoms with Gasteiger partial charge in [-0.05, 0) is 30.5 Å². The molecule has 0 aliphatic carbocycles. The lowest BCUT2D eigenvalue weighted by Crippen LogP contribution is -2.31. The first kappa shape index (κ1) is 10.1. The average molecular weight is 230 g/mol. The molecule has 0 fully saturated rings. The molecular weight excluding hydrogens is 216 g/mol. The van der Waals surface area contributed by atoms with Gasteiger partial charge in [0.1, 0.15) is 0 Å². The Morgan fingerprint density at radius 2 is 2.29 bits per heavy atom. The summed E-state index contributed by atoms with van der Waals surface area (Å²) in [4.78, 5) is 6.33. The van der Waals surface area contributed by atoms with Crippen LogP contribution in [-0.2, 0) is 13.0 Å². The zero-order chi connectivity index (χ0) is 11.8. The summed E-state index contributed by atoms with van der Waals surface area (Å²) in [5.74, 6) is 0.665. The third kappa shape index (κ3) is 1.73. The van der Waals surface area contributed by atoms with Crippen LogP contribution in [0.25, 0.3) is 0 Å². The first-order valence-corrected chi connectivity index (χ1v) is 5.65. The summed E-state index contributed by atoms with van der Waals surface area (Å²) in [6, 6.07) is 6.62. The fourth-order valence-electron chi connectivity index (χ4n) is 2.22.